The van der Waals surface area contributed by atoms with Crippen molar-refractivity contribution in [2.75, 3.05) is 7.05 Å². The molecule has 0 heterocycles. The van der Waals surface area contributed by atoms with Crippen molar-refractivity contribution in [2.24, 2.45) is 0 Å². The van der Waals surface area contributed by atoms with Crippen molar-refractivity contribution in [2.45, 2.75) is 12.6 Å². The van der Waals surface area contributed by atoms with E-state index in [-0.39, 0.29) is 6.04 Å². The van der Waals surface area contributed by atoms with Crippen LogP contribution >= 0.6 is 0 Å². The van der Waals surface area contributed by atoms with E-state index in [0.29, 0.717) is 5.75 Å². The van der Waals surface area contributed by atoms with Gasteiger partial charge in [0.15, 0.2) is 0 Å². The maximum absolute atomic E-state index is 10.3. The molecule has 0 aliphatic heterocycles. The fourth-order valence-electron chi connectivity index (χ4n) is 2.96. The first-order valence-electron chi connectivity index (χ1n) is 8.49. The Kier molecular flexibility index (Phi) is 5.65. The van der Waals surface area contributed by atoms with Gasteiger partial charge in [0.1, 0.15) is 5.75 Å². The lowest BCUT2D eigenvalue weighted by Crippen LogP contribution is -2.22. The molecule has 1 atom stereocenters. The van der Waals surface area contributed by atoms with Crippen molar-refractivity contribution in [3.05, 3.63) is 108 Å². The van der Waals surface area contributed by atoms with Crippen LogP contribution in [0.3, 0.4) is 0 Å². The zero-order valence-corrected chi connectivity index (χ0v) is 14.4. The van der Waals surface area contributed by atoms with Crippen molar-refractivity contribution in [1.82, 2.24) is 4.90 Å². The molecule has 3 rings (SSSR count). The molecule has 1 N–H and O–H groups in total. The van der Waals surface area contributed by atoms with Crippen molar-refractivity contribution in [3.8, 4) is 5.75 Å². The molecule has 1 unspecified atom stereocenters. The number of phenolic OH excluding ortho intramolecular Hbond substituents is 1. The molecule has 0 saturated heterocycles. The zero-order valence-electron chi connectivity index (χ0n) is 14.4. The summed E-state index contributed by atoms with van der Waals surface area (Å²) in [7, 11) is 2.08. The second-order valence-electron chi connectivity index (χ2n) is 6.17. The Labute approximate surface area is 149 Å². The minimum atomic E-state index is -0.0124. The van der Waals surface area contributed by atoms with Gasteiger partial charge >= 0.3 is 0 Å². The number of hydrogen-bond acceptors (Lipinski definition) is 2. The number of phenols is 1. The first-order chi connectivity index (χ1) is 12.2. The third-order valence-electron chi connectivity index (χ3n) is 4.28. The van der Waals surface area contributed by atoms with Gasteiger partial charge in [0.25, 0.3) is 0 Å². The largest absolute Gasteiger partial charge is 0.508 e. The van der Waals surface area contributed by atoms with Crippen LogP contribution in [0.4, 0.5) is 0 Å². The minimum absolute atomic E-state index is 0.0124. The van der Waals surface area contributed by atoms with Crippen LogP contribution in [0.25, 0.3) is 6.08 Å². The van der Waals surface area contributed by atoms with E-state index in [0.717, 1.165) is 17.7 Å². The highest BCUT2D eigenvalue weighted by Gasteiger charge is 2.17. The summed E-state index contributed by atoms with van der Waals surface area (Å²) in [4.78, 5) is 2.24. The Morgan fingerprint density at radius 3 is 2.12 bits per heavy atom. The summed E-state index contributed by atoms with van der Waals surface area (Å²) in [6, 6.07) is 28.2. The number of aromatic hydroxyl groups is 1. The summed E-state index contributed by atoms with van der Waals surface area (Å²) in [5, 5.41) is 10.3. The Morgan fingerprint density at radius 1 is 0.840 bits per heavy atom. The smallest absolute Gasteiger partial charge is 0.120 e. The van der Waals surface area contributed by atoms with Crippen molar-refractivity contribution in [1.29, 1.82) is 0 Å². The van der Waals surface area contributed by atoms with Crippen molar-refractivity contribution < 1.29 is 5.11 Å². The average Bonchev–Trinajstić information content (AvgIpc) is 2.65. The van der Waals surface area contributed by atoms with Gasteiger partial charge in [0.2, 0.25) is 0 Å². The van der Waals surface area contributed by atoms with E-state index in [1.807, 2.05) is 42.5 Å². The molecule has 0 saturated carbocycles. The van der Waals surface area contributed by atoms with Gasteiger partial charge in [-0.15, -0.1) is 0 Å². The Morgan fingerprint density at radius 2 is 1.44 bits per heavy atom. The summed E-state index contributed by atoms with van der Waals surface area (Å²) >= 11 is 0. The normalized spacial score (nSPS) is 12.6. The Hall–Kier alpha value is -2.84. The molecule has 3 aromatic rings. The van der Waals surface area contributed by atoms with E-state index < -0.39 is 0 Å². The average molecular weight is 329 g/mol. The van der Waals surface area contributed by atoms with Gasteiger partial charge in [0, 0.05) is 12.1 Å². The van der Waals surface area contributed by atoms with Crippen molar-refractivity contribution >= 4 is 6.08 Å². The highest BCUT2D eigenvalue weighted by atomic mass is 16.3. The molecule has 0 radical (unpaired) electrons. The Balaban J connectivity index is 1.89. The number of likely N-dealkylation sites (N-methyl/N-ethyl adjacent to an activating group) is 1. The number of para-hydroxylation sites is 1. The van der Waals surface area contributed by atoms with Gasteiger partial charge in [-0.1, -0.05) is 91.0 Å². The second kappa shape index (κ2) is 8.32. The minimum Gasteiger partial charge on any atom is -0.508 e. The molecule has 25 heavy (non-hydrogen) atoms. The maximum atomic E-state index is 10.3. The summed E-state index contributed by atoms with van der Waals surface area (Å²) in [5.74, 6) is 0.324. The molecule has 0 aromatic heterocycles. The maximum Gasteiger partial charge on any atom is 0.120 e. The van der Waals surface area contributed by atoms with E-state index in [1.54, 1.807) is 6.07 Å². The number of nitrogens with zero attached hydrogens (tertiary/aromatic N) is 1. The predicted octanol–water partition coefficient (Wildman–Crippen LogP) is 5.28. The van der Waals surface area contributed by atoms with Gasteiger partial charge in [-0.05, 0) is 24.2 Å². The van der Waals surface area contributed by atoms with Gasteiger partial charge in [-0.3, -0.25) is 4.90 Å². The fraction of sp³-hybridized carbons (Fsp3) is 0.130. The molecule has 0 amide bonds. The second-order valence-corrected chi connectivity index (χ2v) is 6.17. The molecule has 0 aliphatic rings. The fourth-order valence-corrected chi connectivity index (χ4v) is 2.96. The molecule has 0 aliphatic carbocycles. The lowest BCUT2D eigenvalue weighted by molar-refractivity contribution is 0.272. The molecular weight excluding hydrogens is 306 g/mol. The topological polar surface area (TPSA) is 23.5 Å². The molecule has 2 nitrogen and oxygen atoms in total. The van der Waals surface area contributed by atoms with E-state index in [4.69, 9.17) is 0 Å². The molecule has 0 bridgehead atoms. The van der Waals surface area contributed by atoms with Crippen LogP contribution in [-0.4, -0.2) is 17.1 Å². The first-order valence-corrected chi connectivity index (χ1v) is 8.49. The molecule has 126 valence electrons. The van der Waals surface area contributed by atoms with E-state index in [9.17, 15) is 5.11 Å². The number of benzene rings is 3. The van der Waals surface area contributed by atoms with Crippen LogP contribution in [-0.2, 0) is 6.54 Å². The summed E-state index contributed by atoms with van der Waals surface area (Å²) < 4.78 is 0. The first kappa shape index (κ1) is 17.0. The number of hydrogen-bond donors (Lipinski definition) is 1. The highest BCUT2D eigenvalue weighted by molar-refractivity contribution is 5.51. The SMILES string of the molecule is CN(Cc1ccccc1)C(/C=C/c1ccccc1)c1ccccc1O. The zero-order chi connectivity index (χ0) is 17.5. The summed E-state index contributed by atoms with van der Waals surface area (Å²) in [6.45, 7) is 0.805. The van der Waals surface area contributed by atoms with Gasteiger partial charge < -0.3 is 5.11 Å². The van der Waals surface area contributed by atoms with Crippen LogP contribution in [0.1, 0.15) is 22.7 Å². The molecule has 0 spiro atoms. The van der Waals surface area contributed by atoms with E-state index in [1.165, 1.54) is 5.56 Å². The number of rotatable bonds is 6. The lowest BCUT2D eigenvalue weighted by Gasteiger charge is -2.26. The van der Waals surface area contributed by atoms with Crippen LogP contribution in [0.2, 0.25) is 0 Å². The van der Waals surface area contributed by atoms with Gasteiger partial charge in [-0.2, -0.15) is 0 Å². The molecule has 2 heteroatoms. The van der Waals surface area contributed by atoms with Crippen LogP contribution in [0, 0.1) is 0 Å². The van der Waals surface area contributed by atoms with Crippen LogP contribution in [0.5, 0.6) is 5.75 Å². The summed E-state index contributed by atoms with van der Waals surface area (Å²) in [6.07, 6.45) is 4.26. The third kappa shape index (κ3) is 4.59. The quantitative estimate of drug-likeness (QED) is 0.665. The van der Waals surface area contributed by atoms with Gasteiger partial charge in [0.05, 0.1) is 6.04 Å². The third-order valence-corrected chi connectivity index (χ3v) is 4.28. The highest BCUT2D eigenvalue weighted by Crippen LogP contribution is 2.30. The summed E-state index contributed by atoms with van der Waals surface area (Å²) in [5.41, 5.74) is 3.31. The standard InChI is InChI=1S/C23H23NO/c1-24(18-20-12-6-3-7-13-20)22(21-14-8-9-15-23(21)25)17-16-19-10-4-2-5-11-19/h2-17,22,25H,18H2,1H3/b17-16+. The monoisotopic (exact) mass is 329 g/mol. The lowest BCUT2D eigenvalue weighted by atomic mass is 10.0. The molecular formula is C23H23NO. The predicted molar refractivity (Wildman–Crippen MR) is 104 cm³/mol. The van der Waals surface area contributed by atoms with Crippen LogP contribution in [0.15, 0.2) is 91.0 Å². The molecule has 0 fully saturated rings. The van der Waals surface area contributed by atoms with E-state index in [2.05, 4.69) is 60.5 Å². The van der Waals surface area contributed by atoms with Crippen LogP contribution < -0.4 is 0 Å². The Bertz CT molecular complexity index is 812. The molecule has 3 aromatic carbocycles. The van der Waals surface area contributed by atoms with Crippen molar-refractivity contribution in [3.63, 3.8) is 0 Å². The van der Waals surface area contributed by atoms with Gasteiger partial charge in [-0.25, -0.2) is 0 Å². The van der Waals surface area contributed by atoms with E-state index >= 15 is 0 Å².